The van der Waals surface area contributed by atoms with Crippen molar-refractivity contribution in [2.45, 2.75) is 0 Å². The first-order chi connectivity index (χ1) is 27.2. The molecule has 0 atom stereocenters. The van der Waals surface area contributed by atoms with Crippen molar-refractivity contribution in [3.05, 3.63) is 198 Å². The van der Waals surface area contributed by atoms with E-state index in [2.05, 4.69) is 155 Å². The third-order valence-electron chi connectivity index (χ3n) is 11.6. The summed E-state index contributed by atoms with van der Waals surface area (Å²) >= 11 is 0. The first-order valence-corrected chi connectivity index (χ1v) is 18.7. The normalized spacial score (nSPS) is 12.1. The number of benzene rings is 9. The van der Waals surface area contributed by atoms with Crippen LogP contribution in [0.2, 0.25) is 0 Å². The van der Waals surface area contributed by atoms with Crippen molar-refractivity contribution in [2.75, 3.05) is 0 Å². The highest BCUT2D eigenvalue weighted by Gasteiger charge is 2.24. The number of nitrogens with zero attached hydrogens (tertiary/aromatic N) is 3. The van der Waals surface area contributed by atoms with Crippen LogP contribution in [-0.2, 0) is 0 Å². The summed E-state index contributed by atoms with van der Waals surface area (Å²) in [6.07, 6.45) is 0. The predicted molar refractivity (Wildman–Crippen MR) is 231 cm³/mol. The molecule has 0 aliphatic heterocycles. The molecule has 0 radical (unpaired) electrons. The van der Waals surface area contributed by atoms with Gasteiger partial charge >= 0.3 is 0 Å². The maximum absolute atomic E-state index is 15.1. The van der Waals surface area contributed by atoms with E-state index < -0.39 is 0 Å². The lowest BCUT2D eigenvalue weighted by Gasteiger charge is -2.14. The van der Waals surface area contributed by atoms with Gasteiger partial charge in [0, 0.05) is 38.6 Å². The van der Waals surface area contributed by atoms with E-state index in [1.807, 2.05) is 47.0 Å². The van der Waals surface area contributed by atoms with Crippen LogP contribution in [0.25, 0.3) is 104 Å². The van der Waals surface area contributed by atoms with Gasteiger partial charge in [-0.25, -0.2) is 0 Å². The smallest absolute Gasteiger partial charge is 0.265 e. The van der Waals surface area contributed by atoms with Gasteiger partial charge in [-0.3, -0.25) is 9.36 Å². The molecule has 4 nitrogen and oxygen atoms in total. The molecule has 256 valence electrons. The number of hydrogen-bond donors (Lipinski definition) is 0. The zero-order chi connectivity index (χ0) is 36.2. The van der Waals surface area contributed by atoms with Gasteiger partial charge in [0.25, 0.3) is 5.56 Å². The van der Waals surface area contributed by atoms with Gasteiger partial charge in [0.05, 0.1) is 33.0 Å². The van der Waals surface area contributed by atoms with E-state index in [0.29, 0.717) is 5.39 Å². The molecule has 0 aliphatic rings. The van der Waals surface area contributed by atoms with Gasteiger partial charge in [-0.2, -0.15) is 0 Å². The molecule has 0 spiro atoms. The van der Waals surface area contributed by atoms with Gasteiger partial charge < -0.3 is 9.13 Å². The molecular formula is C51H31N3O. The molecule has 0 bridgehead atoms. The lowest BCUT2D eigenvalue weighted by Crippen LogP contribution is -2.19. The van der Waals surface area contributed by atoms with Crippen molar-refractivity contribution in [2.24, 2.45) is 0 Å². The number of hydrogen-bond acceptors (Lipinski definition) is 1. The minimum Gasteiger partial charge on any atom is -0.309 e. The number of para-hydroxylation sites is 4. The van der Waals surface area contributed by atoms with Crippen LogP contribution in [0.1, 0.15) is 0 Å². The summed E-state index contributed by atoms with van der Waals surface area (Å²) in [5, 5.41) is 12.4. The van der Waals surface area contributed by atoms with Gasteiger partial charge in [0.2, 0.25) is 0 Å². The van der Waals surface area contributed by atoms with E-state index in [-0.39, 0.29) is 5.56 Å². The first-order valence-electron chi connectivity index (χ1n) is 18.7. The highest BCUT2D eigenvalue weighted by atomic mass is 16.1. The fraction of sp³-hybridized carbons (Fsp3) is 0. The Bertz CT molecular complexity index is 3570. The molecule has 12 rings (SSSR count). The van der Waals surface area contributed by atoms with Crippen molar-refractivity contribution in [3.63, 3.8) is 0 Å². The van der Waals surface area contributed by atoms with Gasteiger partial charge in [0.15, 0.2) is 0 Å². The van der Waals surface area contributed by atoms with E-state index in [1.54, 1.807) is 0 Å². The number of fused-ring (bicyclic) bond motifs is 14. The van der Waals surface area contributed by atoms with Crippen LogP contribution >= 0.6 is 0 Å². The Hall–Kier alpha value is -7.43. The summed E-state index contributed by atoms with van der Waals surface area (Å²) in [5.41, 5.74) is 7.92. The Morgan fingerprint density at radius 1 is 0.273 bits per heavy atom. The summed E-state index contributed by atoms with van der Waals surface area (Å²) in [6, 6.07) is 66.3. The van der Waals surface area contributed by atoms with E-state index in [9.17, 15) is 0 Å². The summed E-state index contributed by atoms with van der Waals surface area (Å²) in [6.45, 7) is 0. The fourth-order valence-electron chi connectivity index (χ4n) is 9.30. The monoisotopic (exact) mass is 701 g/mol. The van der Waals surface area contributed by atoms with Crippen LogP contribution in [0.4, 0.5) is 0 Å². The molecular weight excluding hydrogens is 671 g/mol. The van der Waals surface area contributed by atoms with Gasteiger partial charge in [-0.15, -0.1) is 0 Å². The molecule has 9 aromatic carbocycles. The van der Waals surface area contributed by atoms with Crippen molar-refractivity contribution in [1.29, 1.82) is 0 Å². The molecule has 0 saturated heterocycles. The SMILES string of the molecule is O=c1c2c3cc4c5ccccc5n(-c5ccc6c7ccccc7c7ccccc7c6c5)c4cc3n(-c3ccccc3)c2c2ccccc2n1-c1ccccc1. The van der Waals surface area contributed by atoms with Crippen LogP contribution in [-0.4, -0.2) is 13.7 Å². The zero-order valence-corrected chi connectivity index (χ0v) is 29.6. The second-order valence-corrected chi connectivity index (χ2v) is 14.4. The van der Waals surface area contributed by atoms with Crippen molar-refractivity contribution >= 4 is 86.8 Å². The van der Waals surface area contributed by atoms with Crippen LogP contribution in [0, 0.1) is 0 Å². The zero-order valence-electron chi connectivity index (χ0n) is 29.6. The van der Waals surface area contributed by atoms with E-state index in [0.717, 1.165) is 66.2 Å². The van der Waals surface area contributed by atoms with Gasteiger partial charge in [-0.05, 0) is 93.0 Å². The average molecular weight is 702 g/mol. The minimum atomic E-state index is -0.0312. The molecule has 3 aromatic heterocycles. The van der Waals surface area contributed by atoms with Gasteiger partial charge in [-0.1, -0.05) is 127 Å². The Kier molecular flexibility index (Phi) is 6.17. The highest BCUT2D eigenvalue weighted by molar-refractivity contribution is 6.26. The third kappa shape index (κ3) is 4.14. The summed E-state index contributed by atoms with van der Waals surface area (Å²) in [7, 11) is 0. The number of pyridine rings is 1. The summed E-state index contributed by atoms with van der Waals surface area (Å²) < 4.78 is 6.58. The second-order valence-electron chi connectivity index (χ2n) is 14.4. The molecule has 4 heteroatoms. The molecule has 55 heavy (non-hydrogen) atoms. The Morgan fingerprint density at radius 2 is 0.745 bits per heavy atom. The Balaban J connectivity index is 1.26. The number of rotatable bonds is 3. The fourth-order valence-corrected chi connectivity index (χ4v) is 9.30. The van der Waals surface area contributed by atoms with E-state index in [1.165, 1.54) is 32.3 Å². The largest absolute Gasteiger partial charge is 0.309 e. The highest BCUT2D eigenvalue weighted by Crippen LogP contribution is 2.42. The molecule has 0 aliphatic carbocycles. The Labute approximate surface area is 314 Å². The summed E-state index contributed by atoms with van der Waals surface area (Å²) in [5.74, 6) is 0. The lowest BCUT2D eigenvalue weighted by atomic mass is 9.94. The van der Waals surface area contributed by atoms with E-state index in [4.69, 9.17) is 0 Å². The first kappa shape index (κ1) is 30.1. The lowest BCUT2D eigenvalue weighted by molar-refractivity contribution is 1.06. The van der Waals surface area contributed by atoms with Crippen LogP contribution in [0.15, 0.2) is 193 Å². The third-order valence-corrected chi connectivity index (χ3v) is 11.6. The Morgan fingerprint density at radius 3 is 1.38 bits per heavy atom. The molecule has 0 unspecified atom stereocenters. The number of aromatic nitrogens is 3. The topological polar surface area (TPSA) is 31.9 Å². The van der Waals surface area contributed by atoms with Crippen molar-refractivity contribution < 1.29 is 0 Å². The second kappa shape index (κ2) is 11.3. The maximum atomic E-state index is 15.1. The maximum Gasteiger partial charge on any atom is 0.265 e. The summed E-state index contributed by atoms with van der Waals surface area (Å²) in [4.78, 5) is 15.1. The molecule has 0 fully saturated rings. The molecule has 0 N–H and O–H groups in total. The van der Waals surface area contributed by atoms with Crippen LogP contribution in [0.5, 0.6) is 0 Å². The average Bonchev–Trinajstić information content (AvgIpc) is 3.76. The van der Waals surface area contributed by atoms with E-state index >= 15 is 4.79 Å². The molecule has 0 amide bonds. The molecule has 12 aromatic rings. The van der Waals surface area contributed by atoms with Crippen molar-refractivity contribution in [3.8, 4) is 17.1 Å². The minimum absolute atomic E-state index is 0.0312. The molecule has 3 heterocycles. The standard InChI is InChI=1S/C51H31N3O/c55-51-49-44-30-43-40-23-11-13-25-45(40)52(34-27-28-39-37-21-8-7-19-35(37)36-20-9-10-22-38(36)42(39)29-34)47(43)31-48(44)53(32-15-3-1-4-16-32)50(49)41-24-12-14-26-46(41)54(51)33-17-5-2-6-18-33/h1-31H. The van der Waals surface area contributed by atoms with Crippen LogP contribution in [0.3, 0.4) is 0 Å². The predicted octanol–water partition coefficient (Wildman–Crippen LogP) is 12.6. The molecule has 0 saturated carbocycles. The quantitative estimate of drug-likeness (QED) is 0.169. The van der Waals surface area contributed by atoms with Crippen molar-refractivity contribution in [1.82, 2.24) is 13.7 Å². The van der Waals surface area contributed by atoms with Crippen LogP contribution < -0.4 is 5.56 Å². The van der Waals surface area contributed by atoms with Gasteiger partial charge in [0.1, 0.15) is 0 Å².